The molecular weight excluding hydrogens is 284 g/mol. The van der Waals surface area contributed by atoms with E-state index < -0.39 is 5.97 Å². The number of carbonyl (C=O) groups is 1. The van der Waals surface area contributed by atoms with Crippen LogP contribution < -0.4 is 0 Å². The van der Waals surface area contributed by atoms with E-state index >= 15 is 0 Å². The molecule has 0 fully saturated rings. The summed E-state index contributed by atoms with van der Waals surface area (Å²) < 4.78 is 2.25. The summed E-state index contributed by atoms with van der Waals surface area (Å²) in [6.07, 6.45) is 3.21. The molecule has 0 spiro atoms. The first-order valence-electron chi connectivity index (χ1n) is 7.40. The van der Waals surface area contributed by atoms with Crippen LogP contribution in [-0.4, -0.2) is 26.4 Å². The number of hydrogen-bond donors (Lipinski definition) is 1. The quantitative estimate of drug-likeness (QED) is 0.776. The Hall–Kier alpha value is -1.49. The molecule has 114 valence electrons. The average molecular weight is 306 g/mol. The Bertz CT molecular complexity index is 636. The van der Waals surface area contributed by atoms with Gasteiger partial charge in [-0.05, 0) is 31.4 Å². The molecule has 0 aliphatic heterocycles. The molecule has 1 N–H and O–H groups in total. The third-order valence-electron chi connectivity index (χ3n) is 3.66. The Kier molecular flexibility index (Phi) is 5.28. The highest BCUT2D eigenvalue weighted by Crippen LogP contribution is 2.32. The second-order valence-corrected chi connectivity index (χ2v) is 6.18. The van der Waals surface area contributed by atoms with E-state index in [0.717, 1.165) is 35.5 Å². The van der Waals surface area contributed by atoms with Gasteiger partial charge in [0.1, 0.15) is 0 Å². The number of carboxylic acid groups (broad SMARTS) is 1. The lowest BCUT2D eigenvalue weighted by Gasteiger charge is -2.20. The Morgan fingerprint density at radius 2 is 2.19 bits per heavy atom. The van der Waals surface area contributed by atoms with Crippen molar-refractivity contribution in [1.29, 1.82) is 0 Å². The lowest BCUT2D eigenvalue weighted by atomic mass is 10.1. The first kappa shape index (κ1) is 15.9. The summed E-state index contributed by atoms with van der Waals surface area (Å²) in [4.78, 5) is 15.5. The zero-order chi connectivity index (χ0) is 15.4. The van der Waals surface area contributed by atoms with Gasteiger partial charge in [-0.2, -0.15) is 0 Å². The van der Waals surface area contributed by atoms with Crippen LogP contribution in [0.3, 0.4) is 0 Å². The predicted octanol–water partition coefficient (Wildman–Crippen LogP) is 4.27. The third-order valence-corrected chi connectivity index (χ3v) is 4.60. The van der Waals surface area contributed by atoms with Crippen LogP contribution in [0, 0.1) is 6.92 Å². The van der Waals surface area contributed by atoms with Crippen molar-refractivity contribution in [1.82, 2.24) is 9.55 Å². The lowest BCUT2D eigenvalue weighted by molar-refractivity contribution is -0.133. The van der Waals surface area contributed by atoms with Crippen molar-refractivity contribution >= 4 is 28.8 Å². The summed E-state index contributed by atoms with van der Waals surface area (Å²) >= 11 is 1.31. The maximum Gasteiger partial charge on any atom is 0.313 e. The summed E-state index contributed by atoms with van der Waals surface area (Å²) in [5.74, 6) is -0.760. The van der Waals surface area contributed by atoms with Crippen molar-refractivity contribution in [3.05, 3.63) is 23.8 Å². The molecule has 2 aromatic rings. The maximum absolute atomic E-state index is 10.9. The van der Waals surface area contributed by atoms with Gasteiger partial charge in [-0.3, -0.25) is 4.79 Å². The molecule has 1 atom stereocenters. The highest BCUT2D eigenvalue weighted by atomic mass is 32.2. The SMILES string of the molecule is CCCC(CC)n1c(SCC(=O)O)nc2cccc(C)c21. The zero-order valence-electron chi connectivity index (χ0n) is 12.8. The van der Waals surface area contributed by atoms with E-state index in [0.29, 0.717) is 6.04 Å². The molecule has 1 aromatic heterocycles. The molecule has 21 heavy (non-hydrogen) atoms. The van der Waals surface area contributed by atoms with Crippen LogP contribution in [0.25, 0.3) is 11.0 Å². The number of nitrogens with zero attached hydrogens (tertiary/aromatic N) is 2. The summed E-state index contributed by atoms with van der Waals surface area (Å²) in [5, 5.41) is 9.76. The van der Waals surface area contributed by atoms with Gasteiger partial charge < -0.3 is 9.67 Å². The number of benzene rings is 1. The van der Waals surface area contributed by atoms with E-state index in [4.69, 9.17) is 5.11 Å². The molecule has 4 nitrogen and oxygen atoms in total. The highest BCUT2D eigenvalue weighted by Gasteiger charge is 2.19. The molecule has 0 radical (unpaired) electrons. The summed E-state index contributed by atoms with van der Waals surface area (Å²) in [6, 6.07) is 6.46. The van der Waals surface area contributed by atoms with Crippen LogP contribution in [0.4, 0.5) is 0 Å². The molecule has 0 aliphatic carbocycles. The number of aliphatic carboxylic acids is 1. The fourth-order valence-electron chi connectivity index (χ4n) is 2.72. The monoisotopic (exact) mass is 306 g/mol. The molecule has 2 rings (SSSR count). The Morgan fingerprint density at radius 1 is 1.43 bits per heavy atom. The first-order valence-corrected chi connectivity index (χ1v) is 8.39. The highest BCUT2D eigenvalue weighted by molar-refractivity contribution is 7.99. The van der Waals surface area contributed by atoms with Crippen molar-refractivity contribution in [3.63, 3.8) is 0 Å². The number of thioether (sulfide) groups is 1. The van der Waals surface area contributed by atoms with Crippen molar-refractivity contribution < 1.29 is 9.90 Å². The van der Waals surface area contributed by atoms with E-state index in [1.165, 1.54) is 17.3 Å². The minimum atomic E-state index is -0.807. The molecule has 0 amide bonds. The molecule has 1 unspecified atom stereocenters. The van der Waals surface area contributed by atoms with E-state index in [2.05, 4.69) is 36.4 Å². The summed E-state index contributed by atoms with van der Waals surface area (Å²) in [5.41, 5.74) is 3.29. The Labute approximate surface area is 129 Å². The number of fused-ring (bicyclic) bond motifs is 1. The third kappa shape index (κ3) is 3.40. The second kappa shape index (κ2) is 6.98. The number of aromatic nitrogens is 2. The fourth-order valence-corrected chi connectivity index (χ4v) is 3.51. The molecule has 0 aliphatic rings. The average Bonchev–Trinajstić information content (AvgIpc) is 2.82. The van der Waals surface area contributed by atoms with E-state index in [9.17, 15) is 4.79 Å². The molecular formula is C16H22N2O2S. The number of para-hydroxylation sites is 1. The number of carboxylic acids is 1. The Balaban J connectivity index is 2.55. The molecule has 1 aromatic carbocycles. The molecule has 0 saturated carbocycles. The topological polar surface area (TPSA) is 55.1 Å². The van der Waals surface area contributed by atoms with Crippen LogP contribution in [0.1, 0.15) is 44.7 Å². The predicted molar refractivity (Wildman–Crippen MR) is 87.1 cm³/mol. The van der Waals surface area contributed by atoms with E-state index in [-0.39, 0.29) is 5.75 Å². The molecule has 5 heteroatoms. The maximum atomic E-state index is 10.9. The van der Waals surface area contributed by atoms with Gasteiger partial charge in [0.25, 0.3) is 0 Å². The first-order chi connectivity index (χ1) is 10.1. The number of rotatable bonds is 7. The smallest absolute Gasteiger partial charge is 0.313 e. The number of hydrogen-bond acceptors (Lipinski definition) is 3. The molecule has 0 bridgehead atoms. The van der Waals surface area contributed by atoms with Crippen LogP contribution in [0.5, 0.6) is 0 Å². The van der Waals surface area contributed by atoms with Crippen LogP contribution in [0.15, 0.2) is 23.4 Å². The molecule has 0 saturated heterocycles. The van der Waals surface area contributed by atoms with Crippen molar-refractivity contribution in [2.24, 2.45) is 0 Å². The van der Waals surface area contributed by atoms with Gasteiger partial charge >= 0.3 is 5.97 Å². The van der Waals surface area contributed by atoms with Gasteiger partial charge in [0, 0.05) is 6.04 Å². The minimum absolute atomic E-state index is 0.0466. The van der Waals surface area contributed by atoms with Gasteiger partial charge in [0.15, 0.2) is 5.16 Å². The van der Waals surface area contributed by atoms with Gasteiger partial charge in [-0.1, -0.05) is 44.2 Å². The van der Waals surface area contributed by atoms with E-state index in [1.807, 2.05) is 12.1 Å². The zero-order valence-corrected chi connectivity index (χ0v) is 13.6. The molecule has 1 heterocycles. The van der Waals surface area contributed by atoms with Crippen LogP contribution >= 0.6 is 11.8 Å². The standard InChI is InChI=1S/C16H22N2O2S/c1-4-7-12(5-2)18-15-11(3)8-6-9-13(15)17-16(18)21-10-14(19)20/h6,8-9,12H,4-5,7,10H2,1-3H3,(H,19,20). The largest absolute Gasteiger partial charge is 0.481 e. The summed E-state index contributed by atoms with van der Waals surface area (Å²) in [6.45, 7) is 6.44. The van der Waals surface area contributed by atoms with Crippen LogP contribution in [-0.2, 0) is 4.79 Å². The van der Waals surface area contributed by atoms with E-state index in [1.54, 1.807) is 0 Å². The number of aryl methyl sites for hydroxylation is 1. The van der Waals surface area contributed by atoms with Crippen molar-refractivity contribution in [2.45, 2.75) is 51.2 Å². The van der Waals surface area contributed by atoms with Gasteiger partial charge in [-0.15, -0.1) is 0 Å². The van der Waals surface area contributed by atoms with Gasteiger partial charge in [0.2, 0.25) is 0 Å². The van der Waals surface area contributed by atoms with Crippen molar-refractivity contribution in [2.75, 3.05) is 5.75 Å². The Morgan fingerprint density at radius 3 is 2.81 bits per heavy atom. The minimum Gasteiger partial charge on any atom is -0.481 e. The normalized spacial score (nSPS) is 12.7. The lowest BCUT2D eigenvalue weighted by Crippen LogP contribution is -2.11. The second-order valence-electron chi connectivity index (χ2n) is 5.24. The van der Waals surface area contributed by atoms with Gasteiger partial charge in [-0.25, -0.2) is 4.98 Å². The fraction of sp³-hybridized carbons (Fsp3) is 0.500. The van der Waals surface area contributed by atoms with Crippen LogP contribution in [0.2, 0.25) is 0 Å². The van der Waals surface area contributed by atoms with Crippen molar-refractivity contribution in [3.8, 4) is 0 Å². The van der Waals surface area contributed by atoms with Gasteiger partial charge in [0.05, 0.1) is 16.8 Å². The summed E-state index contributed by atoms with van der Waals surface area (Å²) in [7, 11) is 0. The number of imidazole rings is 1.